The fourth-order valence-electron chi connectivity index (χ4n) is 1.94. The Balaban J connectivity index is 2.41. The van der Waals surface area contributed by atoms with E-state index >= 15 is 0 Å². The SMILES string of the molecule is CCn1cc(C(NC)c2cc(I)ccc2Br)cn1. The summed E-state index contributed by atoms with van der Waals surface area (Å²) in [7, 11) is 1.97. The Kier molecular flexibility index (Phi) is 4.80. The number of aromatic nitrogens is 2. The summed E-state index contributed by atoms with van der Waals surface area (Å²) in [4.78, 5) is 0. The van der Waals surface area contributed by atoms with Crippen LogP contribution in [0.25, 0.3) is 0 Å². The molecule has 3 nitrogen and oxygen atoms in total. The molecule has 2 aromatic rings. The predicted octanol–water partition coefficient (Wildman–Crippen LogP) is 3.58. The van der Waals surface area contributed by atoms with E-state index in [-0.39, 0.29) is 6.04 Å². The van der Waals surface area contributed by atoms with E-state index in [0.29, 0.717) is 0 Å². The van der Waals surface area contributed by atoms with Gasteiger partial charge in [-0.1, -0.05) is 15.9 Å². The van der Waals surface area contributed by atoms with Gasteiger partial charge in [-0.25, -0.2) is 0 Å². The van der Waals surface area contributed by atoms with E-state index in [1.807, 2.05) is 17.9 Å². The molecule has 18 heavy (non-hydrogen) atoms. The molecule has 0 aliphatic rings. The van der Waals surface area contributed by atoms with Gasteiger partial charge in [0.2, 0.25) is 0 Å². The summed E-state index contributed by atoms with van der Waals surface area (Å²) in [5, 5.41) is 7.69. The van der Waals surface area contributed by atoms with Crippen LogP contribution < -0.4 is 5.32 Å². The number of nitrogens with zero attached hydrogens (tertiary/aromatic N) is 2. The minimum Gasteiger partial charge on any atom is -0.309 e. The monoisotopic (exact) mass is 419 g/mol. The topological polar surface area (TPSA) is 29.9 Å². The second-order valence-corrected chi connectivity index (χ2v) is 6.12. The first kappa shape index (κ1) is 14.0. The van der Waals surface area contributed by atoms with Crippen LogP contribution in [0.2, 0.25) is 0 Å². The molecule has 1 N–H and O–H groups in total. The largest absolute Gasteiger partial charge is 0.309 e. The molecular formula is C13H15BrIN3. The Bertz CT molecular complexity index is 539. The number of aryl methyl sites for hydroxylation is 1. The van der Waals surface area contributed by atoms with Crippen LogP contribution in [0.15, 0.2) is 35.1 Å². The van der Waals surface area contributed by atoms with Crippen LogP contribution in [0.4, 0.5) is 0 Å². The normalized spacial score (nSPS) is 12.7. The zero-order valence-corrected chi connectivity index (χ0v) is 14.1. The minimum absolute atomic E-state index is 0.161. The highest BCUT2D eigenvalue weighted by Crippen LogP contribution is 2.29. The van der Waals surface area contributed by atoms with Gasteiger partial charge in [-0.15, -0.1) is 0 Å². The molecule has 96 valence electrons. The molecule has 1 unspecified atom stereocenters. The lowest BCUT2D eigenvalue weighted by atomic mass is 10.0. The predicted molar refractivity (Wildman–Crippen MR) is 85.7 cm³/mol. The standard InChI is InChI=1S/C13H15BrIN3/c1-3-18-8-9(7-17-18)13(16-2)11-6-10(15)4-5-12(11)14/h4-8,13,16H,3H2,1-2H3. The fraction of sp³-hybridized carbons (Fsp3) is 0.308. The molecule has 0 aliphatic carbocycles. The van der Waals surface area contributed by atoms with E-state index in [9.17, 15) is 0 Å². The second kappa shape index (κ2) is 6.16. The summed E-state index contributed by atoms with van der Waals surface area (Å²) in [6.07, 6.45) is 4.02. The zero-order valence-electron chi connectivity index (χ0n) is 10.3. The van der Waals surface area contributed by atoms with Crippen LogP contribution in [0, 0.1) is 3.57 Å². The van der Waals surface area contributed by atoms with Crippen LogP contribution in [0.3, 0.4) is 0 Å². The molecule has 1 atom stereocenters. The molecule has 0 spiro atoms. The molecular weight excluding hydrogens is 405 g/mol. The Labute approximate surface area is 129 Å². The summed E-state index contributed by atoms with van der Waals surface area (Å²) in [6, 6.07) is 6.53. The van der Waals surface area contributed by atoms with Gasteiger partial charge in [0.05, 0.1) is 12.2 Å². The van der Waals surface area contributed by atoms with E-state index in [0.717, 1.165) is 11.0 Å². The van der Waals surface area contributed by atoms with Gasteiger partial charge in [-0.2, -0.15) is 5.10 Å². The first-order valence-corrected chi connectivity index (χ1v) is 7.67. The van der Waals surface area contributed by atoms with Crippen molar-refractivity contribution in [1.82, 2.24) is 15.1 Å². The highest BCUT2D eigenvalue weighted by atomic mass is 127. The van der Waals surface area contributed by atoms with Crippen LogP contribution in [0.1, 0.15) is 24.1 Å². The zero-order chi connectivity index (χ0) is 13.1. The highest BCUT2D eigenvalue weighted by molar-refractivity contribution is 14.1. The van der Waals surface area contributed by atoms with E-state index in [1.54, 1.807) is 0 Å². The molecule has 0 aliphatic heterocycles. The maximum Gasteiger partial charge on any atom is 0.0616 e. The van der Waals surface area contributed by atoms with Crippen molar-refractivity contribution in [3.05, 3.63) is 49.8 Å². The van der Waals surface area contributed by atoms with Crippen molar-refractivity contribution in [3.8, 4) is 0 Å². The fourth-order valence-corrected chi connectivity index (χ4v) is 2.93. The van der Waals surface area contributed by atoms with Crippen molar-refractivity contribution in [2.45, 2.75) is 19.5 Å². The highest BCUT2D eigenvalue weighted by Gasteiger charge is 2.16. The van der Waals surface area contributed by atoms with Gasteiger partial charge in [0, 0.05) is 26.3 Å². The minimum atomic E-state index is 0.161. The third kappa shape index (κ3) is 2.95. The van der Waals surface area contributed by atoms with Crippen molar-refractivity contribution in [2.24, 2.45) is 0 Å². The Morgan fingerprint density at radius 3 is 2.89 bits per heavy atom. The molecule has 1 aromatic heterocycles. The average Bonchev–Trinajstić information content (AvgIpc) is 2.83. The van der Waals surface area contributed by atoms with Crippen LogP contribution in [0.5, 0.6) is 0 Å². The van der Waals surface area contributed by atoms with Crippen LogP contribution >= 0.6 is 38.5 Å². The van der Waals surface area contributed by atoms with Crippen LogP contribution in [-0.4, -0.2) is 16.8 Å². The van der Waals surface area contributed by atoms with Gasteiger partial charge in [-0.05, 0) is 60.3 Å². The molecule has 0 fully saturated rings. The van der Waals surface area contributed by atoms with E-state index in [1.165, 1.54) is 14.7 Å². The van der Waals surface area contributed by atoms with Crippen molar-refractivity contribution in [2.75, 3.05) is 7.05 Å². The number of hydrogen-bond donors (Lipinski definition) is 1. The number of hydrogen-bond acceptors (Lipinski definition) is 2. The molecule has 0 amide bonds. The van der Waals surface area contributed by atoms with Gasteiger partial charge in [0.1, 0.15) is 0 Å². The van der Waals surface area contributed by atoms with E-state index in [4.69, 9.17) is 0 Å². The lowest BCUT2D eigenvalue weighted by Crippen LogP contribution is -2.17. The Morgan fingerprint density at radius 2 is 2.28 bits per heavy atom. The lowest BCUT2D eigenvalue weighted by molar-refractivity contribution is 0.653. The summed E-state index contributed by atoms with van der Waals surface area (Å²) in [6.45, 7) is 2.98. The third-order valence-electron chi connectivity index (χ3n) is 2.87. The third-order valence-corrected chi connectivity index (χ3v) is 4.26. The smallest absolute Gasteiger partial charge is 0.0616 e. The van der Waals surface area contributed by atoms with Gasteiger partial charge in [0.25, 0.3) is 0 Å². The van der Waals surface area contributed by atoms with Crippen molar-refractivity contribution in [1.29, 1.82) is 0 Å². The first-order valence-electron chi connectivity index (χ1n) is 5.80. The summed E-state index contributed by atoms with van der Waals surface area (Å²) in [5.41, 5.74) is 2.42. The summed E-state index contributed by atoms with van der Waals surface area (Å²) in [5.74, 6) is 0. The maximum atomic E-state index is 4.34. The molecule has 0 radical (unpaired) electrons. The number of rotatable bonds is 4. The number of nitrogens with one attached hydrogen (secondary N) is 1. The Morgan fingerprint density at radius 1 is 1.50 bits per heavy atom. The molecule has 5 heteroatoms. The summed E-state index contributed by atoms with van der Waals surface area (Å²) >= 11 is 5.96. The molecule has 0 saturated carbocycles. The van der Waals surface area contributed by atoms with Gasteiger partial charge < -0.3 is 5.32 Å². The number of benzene rings is 1. The quantitative estimate of drug-likeness (QED) is 0.767. The molecule has 0 bridgehead atoms. The van der Waals surface area contributed by atoms with Crippen LogP contribution in [-0.2, 0) is 6.54 Å². The van der Waals surface area contributed by atoms with Crippen molar-refractivity contribution >= 4 is 38.5 Å². The molecule has 1 heterocycles. The van der Waals surface area contributed by atoms with Gasteiger partial charge in [0.15, 0.2) is 0 Å². The molecule has 0 saturated heterocycles. The Hall–Kier alpha value is -0.400. The molecule has 2 rings (SSSR count). The van der Waals surface area contributed by atoms with Gasteiger partial charge >= 0.3 is 0 Å². The molecule has 1 aromatic carbocycles. The van der Waals surface area contributed by atoms with Gasteiger partial charge in [-0.3, -0.25) is 4.68 Å². The van der Waals surface area contributed by atoms with Crippen molar-refractivity contribution < 1.29 is 0 Å². The average molecular weight is 420 g/mol. The maximum absolute atomic E-state index is 4.34. The second-order valence-electron chi connectivity index (χ2n) is 4.02. The first-order chi connectivity index (χ1) is 8.65. The summed E-state index contributed by atoms with van der Waals surface area (Å²) < 4.78 is 4.29. The number of halogens is 2. The van der Waals surface area contributed by atoms with E-state index in [2.05, 4.69) is 80.3 Å². The van der Waals surface area contributed by atoms with E-state index < -0.39 is 0 Å². The van der Waals surface area contributed by atoms with Crippen molar-refractivity contribution in [3.63, 3.8) is 0 Å². The lowest BCUT2D eigenvalue weighted by Gasteiger charge is -2.17.